The molecular formula is C15H14ClFN2O3S2. The van der Waals surface area contributed by atoms with Crippen LogP contribution in [0, 0.1) is 5.82 Å². The van der Waals surface area contributed by atoms with Crippen LogP contribution in [0.5, 0.6) is 0 Å². The summed E-state index contributed by atoms with van der Waals surface area (Å²) in [5.74, 6) is -0.764. The zero-order chi connectivity index (χ0) is 17.3. The van der Waals surface area contributed by atoms with E-state index >= 15 is 0 Å². The van der Waals surface area contributed by atoms with Crippen molar-refractivity contribution in [3.8, 4) is 0 Å². The molecule has 3 rings (SSSR count). The molecule has 0 aliphatic carbocycles. The van der Waals surface area contributed by atoms with Gasteiger partial charge in [-0.15, -0.1) is 0 Å². The second-order valence-corrected chi connectivity index (χ2v) is 8.41. The van der Waals surface area contributed by atoms with Crippen molar-refractivity contribution in [2.75, 3.05) is 26.2 Å². The molecule has 1 aromatic carbocycles. The van der Waals surface area contributed by atoms with Gasteiger partial charge in [-0.25, -0.2) is 12.8 Å². The van der Waals surface area contributed by atoms with E-state index in [2.05, 4.69) is 0 Å². The molecule has 9 heteroatoms. The SMILES string of the molecule is O=C(c1ccsc1)N1CCN(S(=O)(=O)c2ccc(F)c(Cl)c2)CC1. The number of sulfonamides is 1. The number of thiophene rings is 1. The minimum absolute atomic E-state index is 0.0495. The summed E-state index contributed by atoms with van der Waals surface area (Å²) in [6.07, 6.45) is 0. The summed E-state index contributed by atoms with van der Waals surface area (Å²) in [6, 6.07) is 5.08. The lowest BCUT2D eigenvalue weighted by atomic mass is 10.2. The van der Waals surface area contributed by atoms with Gasteiger partial charge in [-0.1, -0.05) is 11.6 Å². The van der Waals surface area contributed by atoms with Gasteiger partial charge < -0.3 is 4.90 Å². The number of amides is 1. The summed E-state index contributed by atoms with van der Waals surface area (Å²) < 4.78 is 39.7. The van der Waals surface area contributed by atoms with Gasteiger partial charge in [0.2, 0.25) is 10.0 Å². The molecule has 0 unspecified atom stereocenters. The standard InChI is InChI=1S/C15H14ClFN2O3S2/c16-13-9-12(1-2-14(13)17)24(21,22)19-6-4-18(5-7-19)15(20)11-3-8-23-10-11/h1-3,8-10H,4-7H2. The molecule has 2 heterocycles. The number of carbonyl (C=O) groups is 1. The summed E-state index contributed by atoms with van der Waals surface area (Å²) in [4.78, 5) is 13.9. The summed E-state index contributed by atoms with van der Waals surface area (Å²) in [5, 5.41) is 3.36. The molecule has 0 spiro atoms. The maximum absolute atomic E-state index is 13.2. The Labute approximate surface area is 148 Å². The highest BCUT2D eigenvalue weighted by molar-refractivity contribution is 7.89. The summed E-state index contributed by atoms with van der Waals surface area (Å²) in [6.45, 7) is 0.992. The Hall–Kier alpha value is -1.48. The van der Waals surface area contributed by atoms with Crippen molar-refractivity contribution in [1.29, 1.82) is 0 Å². The second-order valence-electron chi connectivity index (χ2n) is 5.28. The third kappa shape index (κ3) is 3.32. The van der Waals surface area contributed by atoms with Crippen LogP contribution in [0.3, 0.4) is 0 Å². The molecule has 0 N–H and O–H groups in total. The fraction of sp³-hybridized carbons (Fsp3) is 0.267. The molecule has 1 saturated heterocycles. The highest BCUT2D eigenvalue weighted by Gasteiger charge is 2.30. The van der Waals surface area contributed by atoms with E-state index in [0.29, 0.717) is 18.7 Å². The summed E-state index contributed by atoms with van der Waals surface area (Å²) >= 11 is 7.11. The first-order valence-electron chi connectivity index (χ1n) is 7.16. The van der Waals surface area contributed by atoms with Crippen molar-refractivity contribution < 1.29 is 17.6 Å². The molecule has 1 amide bonds. The van der Waals surface area contributed by atoms with Gasteiger partial charge >= 0.3 is 0 Å². The second kappa shape index (κ2) is 6.79. The zero-order valence-electron chi connectivity index (χ0n) is 12.5. The maximum Gasteiger partial charge on any atom is 0.254 e. The molecule has 24 heavy (non-hydrogen) atoms. The zero-order valence-corrected chi connectivity index (χ0v) is 14.9. The quantitative estimate of drug-likeness (QED) is 0.812. The Morgan fingerprint density at radius 2 is 1.88 bits per heavy atom. The highest BCUT2D eigenvalue weighted by Crippen LogP contribution is 2.23. The lowest BCUT2D eigenvalue weighted by Crippen LogP contribution is -2.50. The topological polar surface area (TPSA) is 57.7 Å². The monoisotopic (exact) mass is 388 g/mol. The van der Waals surface area contributed by atoms with Gasteiger partial charge in [0.05, 0.1) is 15.5 Å². The fourth-order valence-corrected chi connectivity index (χ4v) is 4.81. The van der Waals surface area contributed by atoms with E-state index in [4.69, 9.17) is 11.6 Å². The number of carbonyl (C=O) groups excluding carboxylic acids is 1. The Balaban J connectivity index is 1.71. The molecule has 128 valence electrons. The molecule has 1 fully saturated rings. The first-order valence-corrected chi connectivity index (χ1v) is 9.92. The van der Waals surface area contributed by atoms with Crippen LogP contribution in [-0.4, -0.2) is 49.7 Å². The van der Waals surface area contributed by atoms with Crippen LogP contribution in [0.25, 0.3) is 0 Å². The minimum atomic E-state index is -3.76. The number of nitrogens with zero attached hydrogens (tertiary/aromatic N) is 2. The van der Waals surface area contributed by atoms with Crippen LogP contribution in [-0.2, 0) is 10.0 Å². The van der Waals surface area contributed by atoms with E-state index in [0.717, 1.165) is 12.1 Å². The molecule has 1 aliphatic rings. The third-order valence-corrected chi connectivity index (χ3v) is 6.69. The van der Waals surface area contributed by atoms with Crippen LogP contribution < -0.4 is 0 Å². The number of hydrogen-bond donors (Lipinski definition) is 0. The van der Waals surface area contributed by atoms with E-state index in [1.807, 2.05) is 5.38 Å². The van der Waals surface area contributed by atoms with Gasteiger partial charge in [0, 0.05) is 31.6 Å². The Bertz CT molecular complexity index is 848. The molecule has 2 aromatic rings. The fourth-order valence-electron chi connectivity index (χ4n) is 2.49. The van der Waals surface area contributed by atoms with Crippen molar-refractivity contribution in [3.63, 3.8) is 0 Å². The molecule has 0 saturated carbocycles. The third-order valence-electron chi connectivity index (χ3n) is 3.82. The van der Waals surface area contributed by atoms with Crippen molar-refractivity contribution in [2.24, 2.45) is 0 Å². The van der Waals surface area contributed by atoms with Crippen LogP contribution in [0.4, 0.5) is 4.39 Å². The van der Waals surface area contributed by atoms with Crippen LogP contribution >= 0.6 is 22.9 Å². The van der Waals surface area contributed by atoms with Crippen molar-refractivity contribution in [3.05, 3.63) is 51.4 Å². The Kier molecular flexibility index (Phi) is 4.91. The molecule has 1 aromatic heterocycles. The number of rotatable bonds is 3. The number of halogens is 2. The predicted molar refractivity (Wildman–Crippen MR) is 90.4 cm³/mol. The van der Waals surface area contributed by atoms with Crippen LogP contribution in [0.2, 0.25) is 5.02 Å². The van der Waals surface area contributed by atoms with Crippen LogP contribution in [0.15, 0.2) is 39.9 Å². The average molecular weight is 389 g/mol. The Morgan fingerprint density at radius 1 is 1.17 bits per heavy atom. The first kappa shape index (κ1) is 17.3. The lowest BCUT2D eigenvalue weighted by Gasteiger charge is -2.33. The van der Waals surface area contributed by atoms with E-state index in [1.165, 1.54) is 21.7 Å². The smallest absolute Gasteiger partial charge is 0.254 e. The first-order chi connectivity index (χ1) is 11.4. The van der Waals surface area contributed by atoms with Gasteiger partial charge in [0.25, 0.3) is 5.91 Å². The van der Waals surface area contributed by atoms with Gasteiger partial charge in [-0.2, -0.15) is 15.6 Å². The van der Waals surface area contributed by atoms with Crippen molar-refractivity contribution in [2.45, 2.75) is 4.90 Å². The molecular weight excluding hydrogens is 375 g/mol. The average Bonchev–Trinajstić information content (AvgIpc) is 3.11. The van der Waals surface area contributed by atoms with E-state index < -0.39 is 15.8 Å². The maximum atomic E-state index is 13.2. The molecule has 5 nitrogen and oxygen atoms in total. The summed E-state index contributed by atoms with van der Waals surface area (Å²) in [7, 11) is -3.76. The lowest BCUT2D eigenvalue weighted by molar-refractivity contribution is 0.0698. The number of piperazine rings is 1. The minimum Gasteiger partial charge on any atom is -0.336 e. The summed E-state index contributed by atoms with van der Waals surface area (Å²) in [5.41, 5.74) is 0.613. The van der Waals surface area contributed by atoms with E-state index in [-0.39, 0.29) is 28.9 Å². The van der Waals surface area contributed by atoms with E-state index in [9.17, 15) is 17.6 Å². The highest BCUT2D eigenvalue weighted by atomic mass is 35.5. The number of benzene rings is 1. The van der Waals surface area contributed by atoms with Gasteiger partial charge in [-0.3, -0.25) is 4.79 Å². The number of hydrogen-bond acceptors (Lipinski definition) is 4. The predicted octanol–water partition coefficient (Wildman–Crippen LogP) is 2.69. The molecule has 0 atom stereocenters. The molecule has 0 radical (unpaired) electrons. The van der Waals surface area contributed by atoms with Crippen LogP contribution in [0.1, 0.15) is 10.4 Å². The van der Waals surface area contributed by atoms with E-state index in [1.54, 1.807) is 16.3 Å². The van der Waals surface area contributed by atoms with Gasteiger partial charge in [0.15, 0.2) is 0 Å². The largest absolute Gasteiger partial charge is 0.336 e. The van der Waals surface area contributed by atoms with Crippen molar-refractivity contribution >= 4 is 38.9 Å². The Morgan fingerprint density at radius 3 is 2.46 bits per heavy atom. The normalized spacial score (nSPS) is 16.3. The van der Waals surface area contributed by atoms with Gasteiger partial charge in [0.1, 0.15) is 5.82 Å². The molecule has 0 bridgehead atoms. The van der Waals surface area contributed by atoms with Crippen molar-refractivity contribution in [1.82, 2.24) is 9.21 Å². The van der Waals surface area contributed by atoms with Gasteiger partial charge in [-0.05, 0) is 29.6 Å². The molecule has 1 aliphatic heterocycles.